The first-order valence-corrected chi connectivity index (χ1v) is 6.41. The molecule has 0 saturated heterocycles. The van der Waals surface area contributed by atoms with Crippen LogP contribution in [-0.4, -0.2) is 30.4 Å². The van der Waals surface area contributed by atoms with E-state index in [1.807, 2.05) is 0 Å². The highest BCUT2D eigenvalue weighted by Gasteiger charge is 2.36. The second-order valence-electron chi connectivity index (χ2n) is 5.65. The zero-order valence-corrected chi connectivity index (χ0v) is 13.1. The lowest BCUT2D eigenvalue weighted by atomic mass is 9.83. The number of nitro groups is 1. The van der Waals surface area contributed by atoms with Crippen molar-refractivity contribution in [1.29, 1.82) is 0 Å². The average Bonchev–Trinajstić information content (AvgIpc) is 2.41. The molecular formula is C14H19NO7. The molecule has 8 heteroatoms. The van der Waals surface area contributed by atoms with Crippen molar-refractivity contribution >= 4 is 11.8 Å². The van der Waals surface area contributed by atoms with Crippen molar-refractivity contribution in [2.24, 2.45) is 5.41 Å². The maximum atomic E-state index is 11.3. The quantitative estimate of drug-likeness (QED) is 0.504. The first kappa shape index (κ1) is 17.5. The Hall–Kier alpha value is -2.51. The van der Waals surface area contributed by atoms with Crippen LogP contribution in [0.25, 0.3) is 0 Å². The largest absolute Gasteiger partial charge is 0.506 e. The molecule has 0 aliphatic rings. The Morgan fingerprint density at radius 1 is 1.23 bits per heavy atom. The molecule has 0 bridgehead atoms. The van der Waals surface area contributed by atoms with E-state index in [4.69, 9.17) is 19.3 Å². The van der Waals surface area contributed by atoms with Crippen LogP contribution in [0.1, 0.15) is 32.4 Å². The SMILES string of the molecule is COc1cc(C(OC(=O)O)C(C)(C)C)c([N+](=O)[O-])cc1OC. The minimum atomic E-state index is -1.51. The maximum absolute atomic E-state index is 11.3. The second-order valence-corrected chi connectivity index (χ2v) is 5.65. The molecule has 0 spiro atoms. The van der Waals surface area contributed by atoms with Crippen LogP contribution in [0.2, 0.25) is 0 Å². The highest BCUT2D eigenvalue weighted by atomic mass is 16.7. The van der Waals surface area contributed by atoms with Gasteiger partial charge in [0.25, 0.3) is 5.69 Å². The van der Waals surface area contributed by atoms with Crippen LogP contribution in [0.15, 0.2) is 12.1 Å². The third-order valence-electron chi connectivity index (χ3n) is 3.02. The predicted octanol–water partition coefficient (Wildman–Crippen LogP) is 3.39. The normalized spacial score (nSPS) is 12.4. The van der Waals surface area contributed by atoms with Crippen LogP contribution in [0.5, 0.6) is 11.5 Å². The van der Waals surface area contributed by atoms with E-state index < -0.39 is 22.6 Å². The molecular weight excluding hydrogens is 294 g/mol. The van der Waals surface area contributed by atoms with Gasteiger partial charge in [-0.25, -0.2) is 4.79 Å². The fraction of sp³-hybridized carbons (Fsp3) is 0.500. The third kappa shape index (κ3) is 3.78. The summed E-state index contributed by atoms with van der Waals surface area (Å²) in [4.78, 5) is 21.6. The molecule has 1 aromatic rings. The topological polar surface area (TPSA) is 108 Å². The van der Waals surface area contributed by atoms with Gasteiger partial charge in [-0.05, 0) is 6.07 Å². The Kier molecular flexibility index (Phi) is 5.19. The smallest absolute Gasteiger partial charge is 0.493 e. The van der Waals surface area contributed by atoms with Crippen molar-refractivity contribution in [2.45, 2.75) is 26.9 Å². The molecule has 1 atom stereocenters. The first-order valence-electron chi connectivity index (χ1n) is 6.41. The van der Waals surface area contributed by atoms with Crippen molar-refractivity contribution < 1.29 is 29.0 Å². The summed E-state index contributed by atoms with van der Waals surface area (Å²) in [5.74, 6) is 0.437. The van der Waals surface area contributed by atoms with Crippen molar-refractivity contribution in [3.05, 3.63) is 27.8 Å². The van der Waals surface area contributed by atoms with Crippen LogP contribution in [0, 0.1) is 15.5 Å². The van der Waals surface area contributed by atoms with Crippen molar-refractivity contribution in [2.75, 3.05) is 14.2 Å². The summed E-state index contributed by atoms with van der Waals surface area (Å²) >= 11 is 0. The van der Waals surface area contributed by atoms with Crippen molar-refractivity contribution in [3.8, 4) is 11.5 Å². The van der Waals surface area contributed by atoms with Crippen molar-refractivity contribution in [1.82, 2.24) is 0 Å². The molecule has 0 saturated carbocycles. The number of ether oxygens (including phenoxy) is 3. The van der Waals surface area contributed by atoms with E-state index in [1.165, 1.54) is 26.4 Å². The van der Waals surface area contributed by atoms with Crippen LogP contribution in [0.3, 0.4) is 0 Å². The summed E-state index contributed by atoms with van der Waals surface area (Å²) in [7, 11) is 2.74. The van der Waals surface area contributed by atoms with Crippen molar-refractivity contribution in [3.63, 3.8) is 0 Å². The maximum Gasteiger partial charge on any atom is 0.506 e. The Morgan fingerprint density at radius 2 is 1.73 bits per heavy atom. The van der Waals surface area contributed by atoms with E-state index in [1.54, 1.807) is 20.8 Å². The zero-order chi connectivity index (χ0) is 17.1. The van der Waals surface area contributed by atoms with Gasteiger partial charge in [0, 0.05) is 5.41 Å². The van der Waals surface area contributed by atoms with E-state index >= 15 is 0 Å². The van der Waals surface area contributed by atoms with Gasteiger partial charge in [0.2, 0.25) is 0 Å². The molecule has 0 aromatic heterocycles. The second kappa shape index (κ2) is 6.50. The van der Waals surface area contributed by atoms with Crippen LogP contribution < -0.4 is 9.47 Å². The van der Waals surface area contributed by atoms with Gasteiger partial charge < -0.3 is 19.3 Å². The zero-order valence-electron chi connectivity index (χ0n) is 13.1. The minimum absolute atomic E-state index is 0.109. The minimum Gasteiger partial charge on any atom is -0.493 e. The highest BCUT2D eigenvalue weighted by Crippen LogP contribution is 2.44. The van der Waals surface area contributed by atoms with Gasteiger partial charge in [-0.2, -0.15) is 0 Å². The Bertz CT molecular complexity index is 577. The van der Waals surface area contributed by atoms with Gasteiger partial charge in [0.1, 0.15) is 6.10 Å². The fourth-order valence-electron chi connectivity index (χ4n) is 2.06. The lowest BCUT2D eigenvalue weighted by Gasteiger charge is -2.29. The number of rotatable bonds is 5. The molecule has 0 heterocycles. The number of benzene rings is 1. The van der Waals surface area contributed by atoms with Gasteiger partial charge in [-0.1, -0.05) is 20.8 Å². The number of nitro benzene ring substituents is 1. The number of carbonyl (C=O) groups is 1. The van der Waals surface area contributed by atoms with Crippen LogP contribution >= 0.6 is 0 Å². The highest BCUT2D eigenvalue weighted by molar-refractivity contribution is 5.60. The fourth-order valence-corrected chi connectivity index (χ4v) is 2.06. The van der Waals surface area contributed by atoms with Gasteiger partial charge in [-0.3, -0.25) is 10.1 Å². The number of hydrogen-bond donors (Lipinski definition) is 1. The molecule has 1 aromatic carbocycles. The summed E-state index contributed by atoms with van der Waals surface area (Å²) in [6.45, 7) is 5.17. The van der Waals surface area contributed by atoms with Gasteiger partial charge in [-0.15, -0.1) is 0 Å². The summed E-state index contributed by atoms with van der Waals surface area (Å²) in [5, 5.41) is 20.2. The summed E-state index contributed by atoms with van der Waals surface area (Å²) < 4.78 is 15.1. The molecule has 0 fully saturated rings. The van der Waals surface area contributed by atoms with E-state index in [-0.39, 0.29) is 22.7 Å². The van der Waals surface area contributed by atoms with Crippen LogP contribution in [-0.2, 0) is 4.74 Å². The predicted molar refractivity (Wildman–Crippen MR) is 77.5 cm³/mol. The monoisotopic (exact) mass is 313 g/mol. The van der Waals surface area contributed by atoms with Gasteiger partial charge in [0.15, 0.2) is 11.5 Å². The molecule has 0 amide bonds. The Balaban J connectivity index is 3.58. The molecule has 22 heavy (non-hydrogen) atoms. The number of methoxy groups -OCH3 is 2. The Morgan fingerprint density at radius 3 is 2.09 bits per heavy atom. The molecule has 1 rings (SSSR count). The van der Waals surface area contributed by atoms with Gasteiger partial charge in [0.05, 0.1) is 30.8 Å². The third-order valence-corrected chi connectivity index (χ3v) is 3.02. The van der Waals surface area contributed by atoms with Gasteiger partial charge >= 0.3 is 6.16 Å². The first-order chi connectivity index (χ1) is 10.1. The van der Waals surface area contributed by atoms with E-state index in [0.29, 0.717) is 0 Å². The summed E-state index contributed by atoms with van der Waals surface area (Å²) in [5.41, 5.74) is -0.876. The Labute approximate surface area is 127 Å². The molecule has 0 aliphatic carbocycles. The molecule has 0 aliphatic heterocycles. The molecule has 1 unspecified atom stereocenters. The number of carboxylic acid groups (broad SMARTS) is 1. The van der Waals surface area contributed by atoms with E-state index in [0.717, 1.165) is 0 Å². The molecule has 0 radical (unpaired) electrons. The standard InChI is InChI=1S/C14H19NO7/c1-14(2,3)12(22-13(16)17)8-6-10(20-4)11(21-5)7-9(8)15(18)19/h6-7,12H,1-5H3,(H,16,17). The van der Waals surface area contributed by atoms with Crippen LogP contribution in [0.4, 0.5) is 10.5 Å². The molecule has 122 valence electrons. The molecule has 8 nitrogen and oxygen atoms in total. The number of nitrogens with zero attached hydrogens (tertiary/aromatic N) is 1. The summed E-state index contributed by atoms with van der Waals surface area (Å²) in [6.07, 6.45) is -2.55. The lowest BCUT2D eigenvalue weighted by molar-refractivity contribution is -0.386. The summed E-state index contributed by atoms with van der Waals surface area (Å²) in [6, 6.07) is 2.56. The molecule has 1 N–H and O–H groups in total. The lowest BCUT2D eigenvalue weighted by Crippen LogP contribution is -2.24. The number of hydrogen-bond acceptors (Lipinski definition) is 6. The van der Waals surface area contributed by atoms with E-state index in [9.17, 15) is 14.9 Å². The van der Waals surface area contributed by atoms with E-state index in [2.05, 4.69) is 0 Å². The average molecular weight is 313 g/mol.